The van der Waals surface area contributed by atoms with Crippen LogP contribution in [0.15, 0.2) is 42.6 Å². The van der Waals surface area contributed by atoms with Gasteiger partial charge in [-0.3, -0.25) is 4.79 Å². The van der Waals surface area contributed by atoms with Crippen LogP contribution in [0.25, 0.3) is 0 Å². The van der Waals surface area contributed by atoms with Crippen molar-refractivity contribution in [1.29, 1.82) is 0 Å². The van der Waals surface area contributed by atoms with Crippen molar-refractivity contribution in [3.05, 3.63) is 53.7 Å². The Morgan fingerprint density at radius 2 is 1.87 bits per heavy atom. The number of para-hydroxylation sites is 1. The SMILES string of the molecule is O=C1c2cccc3c2N(CCC3)CCN1CCN1CCC(COc2ccccn2)CC1. The minimum Gasteiger partial charge on any atom is -0.477 e. The third kappa shape index (κ3) is 4.54. The van der Waals surface area contributed by atoms with E-state index in [2.05, 4.69) is 31.8 Å². The van der Waals surface area contributed by atoms with E-state index in [1.54, 1.807) is 6.20 Å². The first kappa shape index (κ1) is 20.3. The molecule has 0 spiro atoms. The number of hydrogen-bond donors (Lipinski definition) is 0. The second-order valence-electron chi connectivity index (χ2n) is 8.96. The summed E-state index contributed by atoms with van der Waals surface area (Å²) in [4.78, 5) is 24.5. The van der Waals surface area contributed by atoms with E-state index in [4.69, 9.17) is 4.74 Å². The second kappa shape index (κ2) is 9.27. The van der Waals surface area contributed by atoms with Gasteiger partial charge in [-0.2, -0.15) is 0 Å². The maximum Gasteiger partial charge on any atom is 0.256 e. The molecule has 164 valence electrons. The van der Waals surface area contributed by atoms with Crippen LogP contribution < -0.4 is 9.64 Å². The number of aromatic nitrogens is 1. The van der Waals surface area contributed by atoms with Crippen molar-refractivity contribution in [3.63, 3.8) is 0 Å². The molecule has 1 fully saturated rings. The minimum atomic E-state index is 0.208. The quantitative estimate of drug-likeness (QED) is 0.719. The van der Waals surface area contributed by atoms with E-state index in [1.165, 1.54) is 17.7 Å². The van der Waals surface area contributed by atoms with Gasteiger partial charge < -0.3 is 19.4 Å². The van der Waals surface area contributed by atoms with Crippen molar-refractivity contribution in [3.8, 4) is 5.88 Å². The third-order valence-corrected chi connectivity index (χ3v) is 6.97. The summed E-state index contributed by atoms with van der Waals surface area (Å²) in [6.45, 7) is 7.49. The predicted octanol–water partition coefficient (Wildman–Crippen LogP) is 3.08. The van der Waals surface area contributed by atoms with Gasteiger partial charge in [-0.25, -0.2) is 4.98 Å². The van der Waals surface area contributed by atoms with Gasteiger partial charge in [-0.15, -0.1) is 0 Å². The first-order chi connectivity index (χ1) is 15.3. The van der Waals surface area contributed by atoms with E-state index in [9.17, 15) is 4.79 Å². The number of anilines is 1. The number of piperidine rings is 1. The first-order valence-corrected chi connectivity index (χ1v) is 11.7. The molecule has 3 aliphatic heterocycles. The number of likely N-dealkylation sites (tertiary alicyclic amines) is 1. The van der Waals surface area contributed by atoms with Crippen molar-refractivity contribution in [2.24, 2.45) is 5.92 Å². The summed E-state index contributed by atoms with van der Waals surface area (Å²) >= 11 is 0. The largest absolute Gasteiger partial charge is 0.477 e. The molecule has 1 aromatic heterocycles. The zero-order valence-corrected chi connectivity index (χ0v) is 18.2. The van der Waals surface area contributed by atoms with Crippen LogP contribution in [-0.2, 0) is 6.42 Å². The average molecular weight is 421 g/mol. The van der Waals surface area contributed by atoms with Crippen molar-refractivity contribution < 1.29 is 9.53 Å². The molecule has 0 saturated carbocycles. The number of ether oxygens (including phenoxy) is 1. The molecule has 3 aliphatic rings. The Balaban J connectivity index is 1.12. The summed E-state index contributed by atoms with van der Waals surface area (Å²) in [6, 6.07) is 12.0. The normalized spacial score (nSPS) is 19.8. The fraction of sp³-hybridized carbons (Fsp3) is 0.520. The molecule has 1 amide bonds. The average Bonchev–Trinajstić information content (AvgIpc) is 2.96. The lowest BCUT2D eigenvalue weighted by atomic mass is 9.97. The van der Waals surface area contributed by atoms with E-state index in [1.807, 2.05) is 24.3 Å². The molecule has 0 bridgehead atoms. The summed E-state index contributed by atoms with van der Waals surface area (Å²) in [5.74, 6) is 1.50. The summed E-state index contributed by atoms with van der Waals surface area (Å²) in [5.41, 5.74) is 3.45. The maximum absolute atomic E-state index is 13.3. The highest BCUT2D eigenvalue weighted by Crippen LogP contribution is 2.33. The molecule has 2 aromatic rings. The van der Waals surface area contributed by atoms with Gasteiger partial charge in [0.1, 0.15) is 0 Å². The van der Waals surface area contributed by atoms with Crippen LogP contribution in [0.3, 0.4) is 0 Å². The van der Waals surface area contributed by atoms with Gasteiger partial charge in [0, 0.05) is 45.0 Å². The lowest BCUT2D eigenvalue weighted by molar-refractivity contribution is 0.0725. The van der Waals surface area contributed by atoms with E-state index in [0.29, 0.717) is 11.8 Å². The molecule has 1 saturated heterocycles. The number of amides is 1. The highest BCUT2D eigenvalue weighted by molar-refractivity contribution is 6.01. The zero-order chi connectivity index (χ0) is 21.0. The van der Waals surface area contributed by atoms with E-state index in [0.717, 1.165) is 77.2 Å². The number of benzene rings is 1. The van der Waals surface area contributed by atoms with Crippen LogP contribution in [0.4, 0.5) is 5.69 Å². The number of pyridine rings is 1. The Kier molecular flexibility index (Phi) is 6.07. The smallest absolute Gasteiger partial charge is 0.256 e. The van der Waals surface area contributed by atoms with Crippen LogP contribution in [0.5, 0.6) is 5.88 Å². The molecule has 0 aliphatic carbocycles. The molecule has 1 aromatic carbocycles. The van der Waals surface area contributed by atoms with Gasteiger partial charge in [-0.1, -0.05) is 18.2 Å². The number of hydrogen-bond acceptors (Lipinski definition) is 5. The first-order valence-electron chi connectivity index (χ1n) is 11.7. The monoisotopic (exact) mass is 420 g/mol. The summed E-state index contributed by atoms with van der Waals surface area (Å²) in [5, 5.41) is 0. The lowest BCUT2D eigenvalue weighted by Gasteiger charge is -2.33. The van der Waals surface area contributed by atoms with Gasteiger partial charge in [-0.05, 0) is 62.4 Å². The van der Waals surface area contributed by atoms with Gasteiger partial charge in [0.25, 0.3) is 5.91 Å². The van der Waals surface area contributed by atoms with Crippen LogP contribution in [0, 0.1) is 5.92 Å². The molecule has 6 heteroatoms. The molecule has 5 rings (SSSR count). The Bertz CT molecular complexity index is 896. The second-order valence-corrected chi connectivity index (χ2v) is 8.96. The zero-order valence-electron chi connectivity index (χ0n) is 18.2. The predicted molar refractivity (Wildman–Crippen MR) is 122 cm³/mol. The highest BCUT2D eigenvalue weighted by Gasteiger charge is 2.30. The molecule has 0 unspecified atom stereocenters. The maximum atomic E-state index is 13.3. The van der Waals surface area contributed by atoms with E-state index in [-0.39, 0.29) is 5.91 Å². The Hall–Kier alpha value is -2.60. The minimum absolute atomic E-state index is 0.208. The fourth-order valence-electron chi connectivity index (χ4n) is 5.14. The summed E-state index contributed by atoms with van der Waals surface area (Å²) < 4.78 is 5.85. The highest BCUT2D eigenvalue weighted by atomic mass is 16.5. The lowest BCUT2D eigenvalue weighted by Crippen LogP contribution is -2.43. The van der Waals surface area contributed by atoms with Crippen LogP contribution in [0.1, 0.15) is 35.2 Å². The Morgan fingerprint density at radius 1 is 0.968 bits per heavy atom. The van der Waals surface area contributed by atoms with Crippen molar-refractivity contribution in [2.45, 2.75) is 25.7 Å². The summed E-state index contributed by atoms with van der Waals surface area (Å²) in [6.07, 6.45) is 6.32. The van der Waals surface area contributed by atoms with Gasteiger partial charge >= 0.3 is 0 Å². The third-order valence-electron chi connectivity index (χ3n) is 6.97. The van der Waals surface area contributed by atoms with Gasteiger partial charge in [0.15, 0.2) is 0 Å². The van der Waals surface area contributed by atoms with Gasteiger partial charge in [0.2, 0.25) is 5.88 Å². The molecular weight excluding hydrogens is 388 g/mol. The fourth-order valence-corrected chi connectivity index (χ4v) is 5.14. The van der Waals surface area contributed by atoms with Crippen molar-refractivity contribution in [2.75, 3.05) is 57.3 Å². The summed E-state index contributed by atoms with van der Waals surface area (Å²) in [7, 11) is 0. The number of carbonyl (C=O) groups excluding carboxylic acids is 1. The number of carbonyl (C=O) groups is 1. The van der Waals surface area contributed by atoms with Crippen LogP contribution in [0.2, 0.25) is 0 Å². The number of aryl methyl sites for hydroxylation is 1. The Morgan fingerprint density at radius 3 is 2.71 bits per heavy atom. The van der Waals surface area contributed by atoms with Crippen molar-refractivity contribution >= 4 is 11.6 Å². The number of rotatable bonds is 6. The van der Waals surface area contributed by atoms with Crippen LogP contribution in [-0.4, -0.2) is 73.1 Å². The van der Waals surface area contributed by atoms with Crippen molar-refractivity contribution in [1.82, 2.24) is 14.8 Å². The standard InChI is InChI=1S/C25H32N4O2/c30-25-22-7-3-5-21-6-4-12-28(24(21)22)17-18-29(25)16-15-27-13-9-20(10-14-27)19-31-23-8-1-2-11-26-23/h1-3,5,7-8,11,20H,4,6,9-10,12-19H2. The molecular formula is C25H32N4O2. The number of nitrogens with zero attached hydrogens (tertiary/aromatic N) is 4. The topological polar surface area (TPSA) is 48.9 Å². The van der Waals surface area contributed by atoms with Crippen LogP contribution >= 0.6 is 0 Å². The Labute approximate surface area is 184 Å². The molecule has 0 atom stereocenters. The molecule has 0 radical (unpaired) electrons. The molecule has 4 heterocycles. The van der Waals surface area contributed by atoms with Gasteiger partial charge in [0.05, 0.1) is 17.9 Å². The molecule has 6 nitrogen and oxygen atoms in total. The van der Waals surface area contributed by atoms with E-state index >= 15 is 0 Å². The molecule has 0 N–H and O–H groups in total. The van der Waals surface area contributed by atoms with E-state index < -0.39 is 0 Å². The molecule has 31 heavy (non-hydrogen) atoms.